The minimum Gasteiger partial charge on any atom is -0.187 e. The van der Waals surface area contributed by atoms with E-state index in [0.717, 1.165) is 6.42 Å². The Labute approximate surface area is 208 Å². The third kappa shape index (κ3) is 1.77. The molecular formula is C34H22N2+2. The Kier molecular flexibility index (Phi) is 2.87. The molecule has 6 aromatic rings. The topological polar surface area (TPSA) is 7.76 Å². The first kappa shape index (κ1) is 18.0. The number of benzene rings is 4. The highest BCUT2D eigenvalue weighted by molar-refractivity contribution is 6.02. The van der Waals surface area contributed by atoms with Gasteiger partial charge in [-0.05, 0) is 56.8 Å². The zero-order valence-electron chi connectivity index (χ0n) is 19.6. The van der Waals surface area contributed by atoms with E-state index in [9.17, 15) is 0 Å². The highest BCUT2D eigenvalue weighted by atomic mass is 15.3. The molecule has 2 aliphatic carbocycles. The molecule has 3 atom stereocenters. The average molecular weight is 459 g/mol. The van der Waals surface area contributed by atoms with Crippen molar-refractivity contribution >= 4 is 21.5 Å². The maximum Gasteiger partial charge on any atom is 0.270 e. The second kappa shape index (κ2) is 5.74. The number of nitrogens with zero attached hydrogens (tertiary/aromatic N) is 2. The van der Waals surface area contributed by atoms with Crippen LogP contribution in [-0.2, 0) is 12.0 Å². The van der Waals surface area contributed by atoms with Crippen LogP contribution in [0.25, 0.3) is 44.1 Å². The van der Waals surface area contributed by atoms with E-state index in [1.54, 1.807) is 11.1 Å². The molecule has 2 heteroatoms. The lowest BCUT2D eigenvalue weighted by atomic mass is 9.85. The van der Waals surface area contributed by atoms with Crippen molar-refractivity contribution in [1.29, 1.82) is 0 Å². The molecule has 36 heavy (non-hydrogen) atoms. The Morgan fingerprint density at radius 1 is 0.639 bits per heavy atom. The summed E-state index contributed by atoms with van der Waals surface area (Å²) in [6, 6.07) is 36.9. The third-order valence-electron chi connectivity index (χ3n) is 9.49. The van der Waals surface area contributed by atoms with Crippen LogP contribution in [0.3, 0.4) is 0 Å². The van der Waals surface area contributed by atoms with E-state index in [-0.39, 0.29) is 5.54 Å². The van der Waals surface area contributed by atoms with E-state index >= 15 is 0 Å². The number of fused-ring (bicyclic) bond motifs is 9. The molecule has 2 aliphatic heterocycles. The fraction of sp³-hybridized carbons (Fsp3) is 0.118. The van der Waals surface area contributed by atoms with Gasteiger partial charge in [0.15, 0.2) is 12.4 Å². The summed E-state index contributed by atoms with van der Waals surface area (Å²) in [5.74, 6) is 0.432. The number of rotatable bonds is 0. The molecule has 1 fully saturated rings. The van der Waals surface area contributed by atoms with Crippen LogP contribution in [0.5, 0.6) is 0 Å². The monoisotopic (exact) mass is 458 g/mol. The SMILES string of the molecule is c1cc[n+]2c(c1)-c1c3c(cc4ccccc14)Cc1cc4ccccc4c4c1C1(C3C21)[n+]1ccccc1-4. The zero-order chi connectivity index (χ0) is 23.2. The molecule has 1 spiro atoms. The van der Waals surface area contributed by atoms with Crippen LogP contribution in [0.4, 0.5) is 0 Å². The van der Waals surface area contributed by atoms with E-state index in [1.807, 2.05) is 0 Å². The summed E-state index contributed by atoms with van der Waals surface area (Å²) in [4.78, 5) is 0. The van der Waals surface area contributed by atoms with Crippen LogP contribution < -0.4 is 9.13 Å². The van der Waals surface area contributed by atoms with Gasteiger partial charge in [0.2, 0.25) is 17.4 Å². The van der Waals surface area contributed by atoms with Crippen molar-refractivity contribution in [2.45, 2.75) is 23.9 Å². The first-order chi connectivity index (χ1) is 17.9. The molecule has 0 amide bonds. The molecule has 1 saturated carbocycles. The van der Waals surface area contributed by atoms with Crippen molar-refractivity contribution < 1.29 is 9.13 Å². The summed E-state index contributed by atoms with van der Waals surface area (Å²) in [6.45, 7) is 0. The van der Waals surface area contributed by atoms with E-state index in [0.29, 0.717) is 12.0 Å². The smallest absolute Gasteiger partial charge is 0.187 e. The molecule has 4 aliphatic rings. The summed E-state index contributed by atoms with van der Waals surface area (Å²) in [7, 11) is 0. The van der Waals surface area contributed by atoms with Gasteiger partial charge in [0, 0.05) is 29.8 Å². The lowest BCUT2D eigenvalue weighted by Gasteiger charge is -2.20. The van der Waals surface area contributed by atoms with Crippen LogP contribution in [-0.4, -0.2) is 0 Å². The molecule has 4 aromatic carbocycles. The summed E-state index contributed by atoms with van der Waals surface area (Å²) < 4.78 is 5.25. The summed E-state index contributed by atoms with van der Waals surface area (Å²) >= 11 is 0. The Morgan fingerprint density at radius 2 is 1.31 bits per heavy atom. The molecule has 10 rings (SSSR count). The van der Waals surface area contributed by atoms with Crippen LogP contribution in [0, 0.1) is 0 Å². The van der Waals surface area contributed by atoms with Gasteiger partial charge in [0.05, 0.1) is 11.1 Å². The van der Waals surface area contributed by atoms with Crippen LogP contribution in [0.2, 0.25) is 0 Å². The minimum atomic E-state index is -0.0784. The molecule has 0 N–H and O–H groups in total. The van der Waals surface area contributed by atoms with Gasteiger partial charge in [-0.25, -0.2) is 0 Å². The Balaban J connectivity index is 1.47. The maximum atomic E-state index is 2.64. The molecule has 4 heterocycles. The highest BCUT2D eigenvalue weighted by Gasteiger charge is 2.87. The van der Waals surface area contributed by atoms with E-state index in [4.69, 9.17) is 0 Å². The quantitative estimate of drug-likeness (QED) is 0.239. The molecule has 0 radical (unpaired) electrons. The van der Waals surface area contributed by atoms with Crippen molar-refractivity contribution in [1.82, 2.24) is 0 Å². The lowest BCUT2D eigenvalue weighted by molar-refractivity contribution is -0.772. The first-order valence-electron chi connectivity index (χ1n) is 13.0. The van der Waals surface area contributed by atoms with Crippen molar-refractivity contribution in [2.24, 2.45) is 0 Å². The fourth-order valence-electron chi connectivity index (χ4n) is 8.38. The Morgan fingerprint density at radius 3 is 2.14 bits per heavy atom. The zero-order valence-corrected chi connectivity index (χ0v) is 19.6. The van der Waals surface area contributed by atoms with Crippen LogP contribution >= 0.6 is 0 Å². The number of aromatic nitrogens is 2. The second-order valence-corrected chi connectivity index (χ2v) is 10.9. The standard InChI is InChI=1S/C34H22N2/c1-3-11-24-20(9-1)17-22-19-23-18-21-10-2-4-12-25(21)30-27-14-6-8-16-36(27)34(31(23)30)32-28(22)29(24)26-13-5-7-15-35(26)33(32)34/h1-18,32-33H,19H2/q+2. The van der Waals surface area contributed by atoms with Gasteiger partial charge in [0.25, 0.3) is 5.54 Å². The van der Waals surface area contributed by atoms with E-state index in [1.165, 1.54) is 55.2 Å². The van der Waals surface area contributed by atoms with Gasteiger partial charge in [-0.15, -0.1) is 0 Å². The number of pyridine rings is 2. The summed E-state index contributed by atoms with van der Waals surface area (Å²) in [5, 5.41) is 5.46. The second-order valence-electron chi connectivity index (χ2n) is 10.9. The van der Waals surface area contributed by atoms with Crippen molar-refractivity contribution in [2.75, 3.05) is 0 Å². The molecule has 0 bridgehead atoms. The first-order valence-corrected chi connectivity index (χ1v) is 13.0. The van der Waals surface area contributed by atoms with Gasteiger partial charge < -0.3 is 0 Å². The normalized spacial score (nSPS) is 23.0. The van der Waals surface area contributed by atoms with Crippen molar-refractivity contribution in [3.05, 3.63) is 132 Å². The summed E-state index contributed by atoms with van der Waals surface area (Å²) in [5.41, 5.74) is 11.7. The number of hydrogen-bond donors (Lipinski definition) is 0. The Bertz CT molecular complexity index is 1950. The molecular weight excluding hydrogens is 436 g/mol. The molecule has 0 saturated heterocycles. The van der Waals surface area contributed by atoms with Gasteiger partial charge in [-0.3, -0.25) is 0 Å². The van der Waals surface area contributed by atoms with Crippen molar-refractivity contribution in [3.63, 3.8) is 0 Å². The third-order valence-corrected chi connectivity index (χ3v) is 9.49. The van der Waals surface area contributed by atoms with Crippen LogP contribution in [0.1, 0.15) is 34.2 Å². The molecule has 3 unspecified atom stereocenters. The fourth-order valence-corrected chi connectivity index (χ4v) is 8.38. The lowest BCUT2D eigenvalue weighted by Crippen LogP contribution is -2.51. The largest absolute Gasteiger partial charge is 0.270 e. The predicted octanol–water partition coefficient (Wildman–Crippen LogP) is 6.22. The Hall–Kier alpha value is -4.30. The van der Waals surface area contributed by atoms with E-state index < -0.39 is 0 Å². The maximum absolute atomic E-state index is 2.64. The van der Waals surface area contributed by atoms with Gasteiger partial charge in [-0.2, -0.15) is 9.13 Å². The van der Waals surface area contributed by atoms with Crippen LogP contribution in [0.15, 0.2) is 109 Å². The number of hydrogen-bond acceptors (Lipinski definition) is 0. The summed E-state index contributed by atoms with van der Waals surface area (Å²) in [6.07, 6.45) is 5.67. The van der Waals surface area contributed by atoms with Gasteiger partial charge in [0.1, 0.15) is 5.92 Å². The van der Waals surface area contributed by atoms with E-state index in [2.05, 4.69) is 119 Å². The average Bonchev–Trinajstić information content (AvgIpc) is 3.55. The highest BCUT2D eigenvalue weighted by Crippen LogP contribution is 2.73. The molecule has 166 valence electrons. The molecule has 2 nitrogen and oxygen atoms in total. The van der Waals surface area contributed by atoms with Gasteiger partial charge in [-0.1, -0.05) is 60.7 Å². The molecule has 2 aromatic heterocycles. The minimum absolute atomic E-state index is 0.0784. The van der Waals surface area contributed by atoms with Gasteiger partial charge >= 0.3 is 0 Å². The van der Waals surface area contributed by atoms with Crippen molar-refractivity contribution in [3.8, 4) is 22.5 Å². The predicted molar refractivity (Wildman–Crippen MR) is 141 cm³/mol.